The predicted molar refractivity (Wildman–Crippen MR) is 106 cm³/mol. The molecule has 2 aliphatic rings. The average Bonchev–Trinajstić information content (AvgIpc) is 2.66. The van der Waals surface area contributed by atoms with E-state index in [1.54, 1.807) is 13.8 Å². The standard InChI is InChI=1S/C19H35N5O4/c1-3-27-18(25)8-12(2)28-19(26)16-10-15-9-13(4-6-14(15)11-22-16)5-7-17(20)23-24-21/h12-16,22,24H,3-11,21H2,1-2H3,(H2,20,23). The third kappa shape index (κ3) is 6.94. The van der Waals surface area contributed by atoms with E-state index >= 15 is 0 Å². The summed E-state index contributed by atoms with van der Waals surface area (Å²) >= 11 is 0. The fourth-order valence-electron chi connectivity index (χ4n) is 4.37. The van der Waals surface area contributed by atoms with Gasteiger partial charge in [-0.1, -0.05) is 6.42 Å². The van der Waals surface area contributed by atoms with Gasteiger partial charge in [0.05, 0.1) is 13.0 Å². The molecule has 9 heteroatoms. The molecule has 0 aromatic heterocycles. The monoisotopic (exact) mass is 397 g/mol. The topological polar surface area (TPSA) is 141 Å². The Kier molecular flexibility index (Phi) is 8.98. The number of piperidine rings is 1. The molecule has 160 valence electrons. The zero-order chi connectivity index (χ0) is 20.5. The van der Waals surface area contributed by atoms with Crippen LogP contribution >= 0.6 is 0 Å². The normalized spacial score (nSPS) is 28.8. The first kappa shape index (κ1) is 22.4. The minimum atomic E-state index is -0.483. The van der Waals surface area contributed by atoms with Crippen molar-refractivity contribution in [2.75, 3.05) is 13.2 Å². The van der Waals surface area contributed by atoms with Gasteiger partial charge in [0, 0.05) is 6.42 Å². The molecule has 1 aliphatic heterocycles. The van der Waals surface area contributed by atoms with Crippen LogP contribution in [0.1, 0.15) is 58.8 Å². The van der Waals surface area contributed by atoms with Crippen LogP contribution in [-0.4, -0.2) is 43.1 Å². The first-order valence-electron chi connectivity index (χ1n) is 10.3. The number of hydrogen-bond donors (Lipinski definition) is 4. The van der Waals surface area contributed by atoms with Crippen LogP contribution in [0.2, 0.25) is 0 Å². The van der Waals surface area contributed by atoms with Crippen LogP contribution in [-0.2, 0) is 19.1 Å². The van der Waals surface area contributed by atoms with Crippen molar-refractivity contribution in [3.8, 4) is 0 Å². The third-order valence-corrected chi connectivity index (χ3v) is 5.79. The Bertz CT molecular complexity index is 556. The number of nitrogens with two attached hydrogens (primary N) is 2. The Balaban J connectivity index is 1.79. The number of amidine groups is 1. The number of esters is 2. The minimum Gasteiger partial charge on any atom is -0.466 e. The molecule has 0 spiro atoms. The molecular formula is C19H35N5O4. The molecule has 5 unspecified atom stereocenters. The van der Waals surface area contributed by atoms with Gasteiger partial charge >= 0.3 is 11.9 Å². The van der Waals surface area contributed by atoms with Crippen LogP contribution < -0.4 is 22.4 Å². The van der Waals surface area contributed by atoms with E-state index in [0.29, 0.717) is 30.2 Å². The average molecular weight is 398 g/mol. The smallest absolute Gasteiger partial charge is 0.323 e. The molecule has 1 aliphatic carbocycles. The number of carbonyl (C=O) groups excluding carboxylic acids is 2. The van der Waals surface area contributed by atoms with Gasteiger partial charge in [0.2, 0.25) is 0 Å². The van der Waals surface area contributed by atoms with Gasteiger partial charge in [0.15, 0.2) is 0 Å². The SMILES string of the molecule is CCOC(=O)CC(C)OC(=O)C1CC2CC(CC/C(N)=N/NN)CCC2CN1. The molecule has 1 heterocycles. The van der Waals surface area contributed by atoms with E-state index in [1.165, 1.54) is 6.42 Å². The number of rotatable bonds is 9. The summed E-state index contributed by atoms with van der Waals surface area (Å²) in [6.07, 6.45) is 5.52. The van der Waals surface area contributed by atoms with Crippen molar-refractivity contribution < 1.29 is 19.1 Å². The lowest BCUT2D eigenvalue weighted by Crippen LogP contribution is -2.50. The summed E-state index contributed by atoms with van der Waals surface area (Å²) in [6, 6.07) is -0.308. The van der Waals surface area contributed by atoms with Gasteiger partial charge in [0.1, 0.15) is 18.0 Å². The fraction of sp³-hybridized carbons (Fsp3) is 0.842. The number of ether oxygens (including phenoxy) is 2. The summed E-state index contributed by atoms with van der Waals surface area (Å²) in [6.45, 7) is 4.64. The van der Waals surface area contributed by atoms with Gasteiger partial charge in [-0.2, -0.15) is 5.10 Å². The second-order valence-corrected chi connectivity index (χ2v) is 7.92. The van der Waals surface area contributed by atoms with Gasteiger partial charge in [-0.15, -0.1) is 0 Å². The zero-order valence-electron chi connectivity index (χ0n) is 17.0. The minimum absolute atomic E-state index is 0.0844. The van der Waals surface area contributed by atoms with Crippen molar-refractivity contribution in [3.63, 3.8) is 0 Å². The lowest BCUT2D eigenvalue weighted by atomic mass is 9.69. The first-order chi connectivity index (χ1) is 13.4. The second kappa shape index (κ2) is 11.2. The molecular weight excluding hydrogens is 362 g/mol. The molecule has 1 saturated heterocycles. The molecule has 1 saturated carbocycles. The number of nitrogens with zero attached hydrogens (tertiary/aromatic N) is 1. The van der Waals surface area contributed by atoms with Crippen LogP contribution in [0.4, 0.5) is 0 Å². The summed E-state index contributed by atoms with van der Waals surface area (Å²) in [5.74, 6) is 6.75. The van der Waals surface area contributed by atoms with Gasteiger partial charge in [-0.05, 0) is 63.8 Å². The Morgan fingerprint density at radius 1 is 1.29 bits per heavy atom. The number of hydrazine groups is 1. The van der Waals surface area contributed by atoms with E-state index in [4.69, 9.17) is 21.1 Å². The molecule has 9 nitrogen and oxygen atoms in total. The van der Waals surface area contributed by atoms with Crippen molar-refractivity contribution in [3.05, 3.63) is 0 Å². The maximum atomic E-state index is 12.5. The van der Waals surface area contributed by atoms with Crippen LogP contribution in [0, 0.1) is 17.8 Å². The van der Waals surface area contributed by atoms with Crippen LogP contribution in [0.5, 0.6) is 0 Å². The Hall–Kier alpha value is -1.87. The summed E-state index contributed by atoms with van der Waals surface area (Å²) in [5, 5.41) is 7.14. The van der Waals surface area contributed by atoms with E-state index < -0.39 is 6.10 Å². The van der Waals surface area contributed by atoms with Crippen LogP contribution in [0.15, 0.2) is 5.10 Å². The lowest BCUT2D eigenvalue weighted by Gasteiger charge is -2.42. The molecule has 0 aromatic carbocycles. The second-order valence-electron chi connectivity index (χ2n) is 7.92. The molecule has 0 aromatic rings. The van der Waals surface area contributed by atoms with E-state index in [0.717, 1.165) is 38.6 Å². The molecule has 2 fully saturated rings. The molecule has 2 rings (SSSR count). The van der Waals surface area contributed by atoms with E-state index in [1.807, 2.05) is 0 Å². The first-order valence-corrected chi connectivity index (χ1v) is 10.3. The molecule has 28 heavy (non-hydrogen) atoms. The number of hydrogen-bond acceptors (Lipinski definition) is 8. The zero-order valence-corrected chi connectivity index (χ0v) is 17.0. The molecule has 0 bridgehead atoms. The number of hydrazone groups is 1. The van der Waals surface area contributed by atoms with Crippen molar-refractivity contribution in [1.82, 2.24) is 10.9 Å². The summed E-state index contributed by atoms with van der Waals surface area (Å²) < 4.78 is 10.4. The Morgan fingerprint density at radius 3 is 2.79 bits per heavy atom. The van der Waals surface area contributed by atoms with Gasteiger partial charge in [0.25, 0.3) is 0 Å². The van der Waals surface area contributed by atoms with Crippen molar-refractivity contribution in [2.24, 2.45) is 34.4 Å². The van der Waals surface area contributed by atoms with Gasteiger partial charge in [-0.3, -0.25) is 9.59 Å². The largest absolute Gasteiger partial charge is 0.466 e. The highest BCUT2D eigenvalue weighted by Gasteiger charge is 2.38. The number of nitrogens with one attached hydrogen (secondary N) is 2. The molecule has 6 N–H and O–H groups in total. The van der Waals surface area contributed by atoms with Crippen molar-refractivity contribution in [2.45, 2.75) is 70.9 Å². The summed E-state index contributed by atoms with van der Waals surface area (Å²) in [7, 11) is 0. The fourth-order valence-corrected chi connectivity index (χ4v) is 4.37. The molecule has 0 amide bonds. The number of fused-ring (bicyclic) bond motifs is 1. The maximum Gasteiger partial charge on any atom is 0.323 e. The summed E-state index contributed by atoms with van der Waals surface area (Å²) in [4.78, 5) is 24.0. The molecule has 0 radical (unpaired) electrons. The summed E-state index contributed by atoms with van der Waals surface area (Å²) in [5.41, 5.74) is 8.03. The Labute approximate surface area is 166 Å². The Morgan fingerprint density at radius 2 is 2.07 bits per heavy atom. The highest BCUT2D eigenvalue weighted by molar-refractivity contribution is 5.80. The van der Waals surface area contributed by atoms with Crippen molar-refractivity contribution >= 4 is 17.8 Å². The molecule has 5 atom stereocenters. The van der Waals surface area contributed by atoms with Crippen LogP contribution in [0.3, 0.4) is 0 Å². The number of carbonyl (C=O) groups is 2. The van der Waals surface area contributed by atoms with Crippen LogP contribution in [0.25, 0.3) is 0 Å². The lowest BCUT2D eigenvalue weighted by molar-refractivity contribution is -0.157. The van der Waals surface area contributed by atoms with E-state index in [-0.39, 0.29) is 24.4 Å². The van der Waals surface area contributed by atoms with Gasteiger partial charge in [-0.25, -0.2) is 11.4 Å². The quantitative estimate of drug-likeness (QED) is 0.147. The van der Waals surface area contributed by atoms with E-state index in [2.05, 4.69) is 16.0 Å². The van der Waals surface area contributed by atoms with E-state index in [9.17, 15) is 9.59 Å². The maximum absolute atomic E-state index is 12.5. The third-order valence-electron chi connectivity index (χ3n) is 5.79. The predicted octanol–water partition coefficient (Wildman–Crippen LogP) is 0.781. The highest BCUT2D eigenvalue weighted by Crippen LogP contribution is 2.40. The van der Waals surface area contributed by atoms with Gasteiger partial charge < -0.3 is 20.5 Å². The van der Waals surface area contributed by atoms with Crippen molar-refractivity contribution in [1.29, 1.82) is 0 Å². The highest BCUT2D eigenvalue weighted by atomic mass is 16.6.